The second kappa shape index (κ2) is 9.31. The van der Waals surface area contributed by atoms with Crippen LogP contribution in [0.3, 0.4) is 0 Å². The summed E-state index contributed by atoms with van der Waals surface area (Å²) in [6, 6.07) is 17.9. The second-order valence-electron chi connectivity index (χ2n) is 8.03. The van der Waals surface area contributed by atoms with Gasteiger partial charge in [0.1, 0.15) is 5.75 Å². The van der Waals surface area contributed by atoms with Gasteiger partial charge in [-0.2, -0.15) is 0 Å². The Balaban J connectivity index is 1.23. The predicted octanol–water partition coefficient (Wildman–Crippen LogP) is 3.00. The molecule has 180 valence electrons. The fourth-order valence-electron chi connectivity index (χ4n) is 3.82. The number of ketones is 1. The standard InChI is InChI=1S/C28H16N2O7/c31-23-13-14-24(32)29(23)20-7-1-17(2-8-20)27(35)18-5-11-22(12-6-18)37-28(36)19-3-9-21(10-4-19)30-25(33)15-16-26(30)34/h1-16H. The molecule has 0 spiro atoms. The molecule has 3 aromatic carbocycles. The maximum Gasteiger partial charge on any atom is 0.343 e. The molecule has 0 atom stereocenters. The molecule has 37 heavy (non-hydrogen) atoms. The summed E-state index contributed by atoms with van der Waals surface area (Å²) in [5, 5.41) is 0. The highest BCUT2D eigenvalue weighted by Crippen LogP contribution is 2.23. The largest absolute Gasteiger partial charge is 0.423 e. The molecule has 9 heteroatoms. The number of amides is 4. The van der Waals surface area contributed by atoms with Crippen molar-refractivity contribution >= 4 is 46.8 Å². The van der Waals surface area contributed by atoms with Crippen molar-refractivity contribution in [2.24, 2.45) is 0 Å². The van der Waals surface area contributed by atoms with Crippen LogP contribution in [0.1, 0.15) is 26.3 Å². The van der Waals surface area contributed by atoms with Gasteiger partial charge in [-0.25, -0.2) is 14.6 Å². The summed E-state index contributed by atoms with van der Waals surface area (Å²) in [6.07, 6.45) is 4.71. The normalized spacial score (nSPS) is 14.6. The van der Waals surface area contributed by atoms with Crippen LogP contribution < -0.4 is 14.5 Å². The van der Waals surface area contributed by atoms with Crippen LogP contribution in [0.5, 0.6) is 5.75 Å². The Morgan fingerprint density at radius 1 is 0.486 bits per heavy atom. The van der Waals surface area contributed by atoms with Crippen LogP contribution in [0.15, 0.2) is 97.1 Å². The minimum Gasteiger partial charge on any atom is -0.423 e. The molecule has 0 bridgehead atoms. The molecule has 0 radical (unpaired) electrons. The highest BCUT2D eigenvalue weighted by atomic mass is 16.5. The van der Waals surface area contributed by atoms with Gasteiger partial charge in [0.25, 0.3) is 23.6 Å². The van der Waals surface area contributed by atoms with Crippen LogP contribution in [-0.2, 0) is 19.2 Å². The summed E-state index contributed by atoms with van der Waals surface area (Å²) in [5.41, 5.74) is 1.61. The zero-order chi connectivity index (χ0) is 26.1. The third-order valence-electron chi connectivity index (χ3n) is 5.69. The zero-order valence-electron chi connectivity index (χ0n) is 19.0. The Morgan fingerprint density at radius 2 is 0.838 bits per heavy atom. The van der Waals surface area contributed by atoms with Crippen LogP contribution >= 0.6 is 0 Å². The maximum absolute atomic E-state index is 12.8. The summed E-state index contributed by atoms with van der Waals surface area (Å²) in [6.45, 7) is 0. The van der Waals surface area contributed by atoms with Crippen molar-refractivity contribution in [3.8, 4) is 5.75 Å². The van der Waals surface area contributed by atoms with Crippen LogP contribution in [0, 0.1) is 0 Å². The fourth-order valence-corrected chi connectivity index (χ4v) is 3.82. The van der Waals surface area contributed by atoms with E-state index in [-0.39, 0.29) is 17.1 Å². The highest BCUT2D eigenvalue weighted by Gasteiger charge is 2.26. The number of nitrogens with zero attached hydrogens (tertiary/aromatic N) is 2. The van der Waals surface area contributed by atoms with E-state index in [0.717, 1.165) is 9.80 Å². The summed E-state index contributed by atoms with van der Waals surface area (Å²) < 4.78 is 5.36. The molecular weight excluding hydrogens is 476 g/mol. The van der Waals surface area contributed by atoms with Gasteiger partial charge in [-0.3, -0.25) is 24.0 Å². The fraction of sp³-hybridized carbons (Fsp3) is 0. The van der Waals surface area contributed by atoms with Crippen molar-refractivity contribution < 1.29 is 33.5 Å². The molecule has 9 nitrogen and oxygen atoms in total. The number of hydrogen-bond acceptors (Lipinski definition) is 7. The Morgan fingerprint density at radius 3 is 1.24 bits per heavy atom. The number of anilines is 2. The topological polar surface area (TPSA) is 118 Å². The average molecular weight is 492 g/mol. The van der Waals surface area contributed by atoms with Crippen LogP contribution in [-0.4, -0.2) is 35.4 Å². The molecule has 2 aliphatic rings. The smallest absolute Gasteiger partial charge is 0.343 e. The lowest BCUT2D eigenvalue weighted by atomic mass is 10.0. The quantitative estimate of drug-likeness (QED) is 0.225. The molecule has 0 fully saturated rings. The van der Waals surface area contributed by atoms with E-state index in [1.165, 1.54) is 97.1 Å². The number of rotatable bonds is 6. The van der Waals surface area contributed by atoms with E-state index < -0.39 is 29.6 Å². The zero-order valence-corrected chi connectivity index (χ0v) is 19.0. The molecule has 3 aromatic rings. The molecule has 0 saturated heterocycles. The van der Waals surface area contributed by atoms with Crippen LogP contribution in [0.2, 0.25) is 0 Å². The van der Waals surface area contributed by atoms with E-state index in [9.17, 15) is 28.8 Å². The van der Waals surface area contributed by atoms with Crippen molar-refractivity contribution in [1.29, 1.82) is 0 Å². The predicted molar refractivity (Wildman–Crippen MR) is 131 cm³/mol. The van der Waals surface area contributed by atoms with Crippen LogP contribution in [0.4, 0.5) is 11.4 Å². The van der Waals surface area contributed by atoms with Gasteiger partial charge in [0, 0.05) is 35.4 Å². The van der Waals surface area contributed by atoms with E-state index in [1.807, 2.05) is 0 Å². The first kappa shape index (κ1) is 23.3. The third kappa shape index (κ3) is 4.48. The van der Waals surface area contributed by atoms with Crippen LogP contribution in [0.25, 0.3) is 0 Å². The number of ether oxygens (including phenoxy) is 1. The lowest BCUT2D eigenvalue weighted by Crippen LogP contribution is -2.29. The molecule has 4 amide bonds. The van der Waals surface area contributed by atoms with Gasteiger partial charge >= 0.3 is 5.97 Å². The number of hydrogen-bond donors (Lipinski definition) is 0. The van der Waals surface area contributed by atoms with Gasteiger partial charge in [0.05, 0.1) is 16.9 Å². The number of imide groups is 2. The molecule has 2 aliphatic heterocycles. The molecule has 0 unspecified atom stereocenters. The first-order valence-electron chi connectivity index (χ1n) is 11.0. The molecule has 0 saturated carbocycles. The Labute approximate surface area is 209 Å². The lowest BCUT2D eigenvalue weighted by molar-refractivity contribution is -0.121. The summed E-state index contributed by atoms with van der Waals surface area (Å²) >= 11 is 0. The van der Waals surface area contributed by atoms with Gasteiger partial charge in [0.2, 0.25) is 0 Å². The molecule has 5 rings (SSSR count). The number of esters is 1. The summed E-state index contributed by atoms with van der Waals surface area (Å²) in [7, 11) is 0. The van der Waals surface area contributed by atoms with Gasteiger partial charge in [-0.05, 0) is 72.8 Å². The third-order valence-corrected chi connectivity index (χ3v) is 5.69. The minimum atomic E-state index is -0.654. The van der Waals surface area contributed by atoms with E-state index in [0.29, 0.717) is 22.5 Å². The van der Waals surface area contributed by atoms with E-state index in [1.54, 1.807) is 0 Å². The molecule has 0 N–H and O–H groups in total. The summed E-state index contributed by atoms with van der Waals surface area (Å²) in [4.78, 5) is 74.5. The minimum absolute atomic E-state index is 0.209. The first-order valence-corrected chi connectivity index (χ1v) is 11.0. The Kier molecular flexibility index (Phi) is 5.86. The Bertz CT molecular complexity index is 1500. The van der Waals surface area contributed by atoms with Gasteiger partial charge in [-0.1, -0.05) is 0 Å². The molecule has 2 heterocycles. The number of carbonyl (C=O) groups is 6. The monoisotopic (exact) mass is 492 g/mol. The van der Waals surface area contributed by atoms with Crippen molar-refractivity contribution in [1.82, 2.24) is 0 Å². The van der Waals surface area contributed by atoms with E-state index >= 15 is 0 Å². The molecular formula is C28H16N2O7. The van der Waals surface area contributed by atoms with Gasteiger partial charge < -0.3 is 4.74 Å². The molecule has 0 aromatic heterocycles. The average Bonchev–Trinajstić information content (AvgIpc) is 3.43. The van der Waals surface area contributed by atoms with E-state index in [4.69, 9.17) is 4.74 Å². The van der Waals surface area contributed by atoms with Crippen molar-refractivity contribution in [3.63, 3.8) is 0 Å². The van der Waals surface area contributed by atoms with Crippen molar-refractivity contribution in [3.05, 3.63) is 114 Å². The number of benzene rings is 3. The maximum atomic E-state index is 12.8. The SMILES string of the molecule is O=C(Oc1ccc(C(=O)c2ccc(N3C(=O)C=CC3=O)cc2)cc1)c1ccc(N2C(=O)C=CC2=O)cc1. The van der Waals surface area contributed by atoms with Crippen molar-refractivity contribution in [2.45, 2.75) is 0 Å². The lowest BCUT2D eigenvalue weighted by Gasteiger charge is -2.14. The van der Waals surface area contributed by atoms with Gasteiger partial charge in [0.15, 0.2) is 5.78 Å². The first-order chi connectivity index (χ1) is 17.8. The van der Waals surface area contributed by atoms with E-state index in [2.05, 4.69) is 0 Å². The number of carbonyl (C=O) groups excluding carboxylic acids is 6. The van der Waals surface area contributed by atoms with Crippen molar-refractivity contribution in [2.75, 3.05) is 9.80 Å². The summed E-state index contributed by atoms with van der Waals surface area (Å²) in [5.74, 6) is -2.54. The Hall–Kier alpha value is -5.44. The second-order valence-corrected chi connectivity index (χ2v) is 8.03. The molecule has 0 aliphatic carbocycles. The highest BCUT2D eigenvalue weighted by molar-refractivity contribution is 6.28. The van der Waals surface area contributed by atoms with Gasteiger partial charge in [-0.15, -0.1) is 0 Å².